The maximum atomic E-state index is 13.5. The minimum absolute atomic E-state index is 0.0317. The van der Waals surface area contributed by atoms with E-state index in [1.165, 1.54) is 40.5 Å². The SMILES string of the molecule is CCc1cc2c(C(=O)NC)c(-c3ccc(F)cc3)oc2nc1CN(CCCN1CCN(C(=O)O)CC1)S(=O)[O-]. The van der Waals surface area contributed by atoms with Crippen LogP contribution in [0.25, 0.3) is 22.4 Å². The fourth-order valence-corrected chi connectivity index (χ4v) is 5.21. The maximum absolute atomic E-state index is 13.5. The second kappa shape index (κ2) is 12.6. The van der Waals surface area contributed by atoms with Crippen LogP contribution in [0.1, 0.15) is 35.0 Å². The molecule has 0 radical (unpaired) electrons. The highest BCUT2D eigenvalue weighted by molar-refractivity contribution is 7.76. The smallest absolute Gasteiger partial charge is 0.407 e. The number of nitrogens with one attached hydrogen (secondary N) is 1. The number of benzene rings is 1. The predicted octanol–water partition coefficient (Wildman–Crippen LogP) is 2.84. The van der Waals surface area contributed by atoms with Gasteiger partial charge in [0.2, 0.25) is 5.71 Å². The van der Waals surface area contributed by atoms with E-state index < -0.39 is 23.2 Å². The van der Waals surface area contributed by atoms with Crippen molar-refractivity contribution in [2.24, 2.45) is 0 Å². The Bertz CT molecular complexity index is 1360. The van der Waals surface area contributed by atoms with Gasteiger partial charge in [0.1, 0.15) is 11.6 Å². The number of carbonyl (C=O) groups is 2. The van der Waals surface area contributed by atoms with E-state index in [9.17, 15) is 22.7 Å². The summed E-state index contributed by atoms with van der Waals surface area (Å²) in [5.74, 6) is -0.544. The number of aryl methyl sites for hydroxylation is 1. The molecule has 0 spiro atoms. The van der Waals surface area contributed by atoms with Crippen molar-refractivity contribution in [3.05, 3.63) is 53.0 Å². The van der Waals surface area contributed by atoms with Gasteiger partial charge in [0.25, 0.3) is 5.91 Å². The standard InChI is InChI=1S/C26H32FN5O6S/c1-3-17-15-20-22(24(33)28-2)23(18-5-7-19(27)8-6-18)38-25(20)29-21(17)16-32(39(36)37)10-4-9-30-11-13-31(14-12-30)26(34)35/h5-8,15H,3-4,9-14,16H2,1-2H3,(H,28,33)(H,34,35)(H,36,37)/p-1. The van der Waals surface area contributed by atoms with Crippen molar-refractivity contribution >= 4 is 34.4 Å². The van der Waals surface area contributed by atoms with Gasteiger partial charge in [-0.05, 0) is 55.3 Å². The van der Waals surface area contributed by atoms with E-state index in [1.54, 1.807) is 6.07 Å². The summed E-state index contributed by atoms with van der Waals surface area (Å²) < 4.78 is 44.9. The van der Waals surface area contributed by atoms with Gasteiger partial charge in [-0.2, -0.15) is 0 Å². The van der Waals surface area contributed by atoms with Gasteiger partial charge in [-0.3, -0.25) is 13.9 Å². The molecule has 1 aromatic carbocycles. The zero-order valence-corrected chi connectivity index (χ0v) is 22.6. The highest BCUT2D eigenvalue weighted by Gasteiger charge is 2.25. The fourth-order valence-electron chi connectivity index (χ4n) is 4.71. The van der Waals surface area contributed by atoms with E-state index in [2.05, 4.69) is 15.2 Å². The summed E-state index contributed by atoms with van der Waals surface area (Å²) >= 11 is -2.50. The van der Waals surface area contributed by atoms with Gasteiger partial charge in [0.05, 0.1) is 23.2 Å². The minimum atomic E-state index is -2.50. The Balaban J connectivity index is 1.55. The summed E-state index contributed by atoms with van der Waals surface area (Å²) in [5.41, 5.74) is 2.28. The molecule has 1 atom stereocenters. The number of nitrogens with zero attached hydrogens (tertiary/aromatic N) is 4. The molecule has 11 nitrogen and oxygen atoms in total. The van der Waals surface area contributed by atoms with Crippen LogP contribution < -0.4 is 5.32 Å². The molecule has 0 aliphatic carbocycles. The molecule has 1 aliphatic heterocycles. The highest BCUT2D eigenvalue weighted by atomic mass is 32.2. The summed E-state index contributed by atoms with van der Waals surface area (Å²) in [5, 5.41) is 12.2. The van der Waals surface area contributed by atoms with Crippen LogP contribution in [0.5, 0.6) is 0 Å². The molecule has 3 aromatic rings. The second-order valence-corrected chi connectivity index (χ2v) is 10.2. The van der Waals surface area contributed by atoms with Crippen LogP contribution in [0, 0.1) is 5.82 Å². The Morgan fingerprint density at radius 1 is 1.23 bits per heavy atom. The first-order valence-corrected chi connectivity index (χ1v) is 13.7. The molecule has 1 aliphatic rings. The number of aromatic nitrogens is 1. The van der Waals surface area contributed by atoms with E-state index in [1.807, 2.05) is 6.92 Å². The van der Waals surface area contributed by atoms with Crippen molar-refractivity contribution in [1.82, 2.24) is 24.4 Å². The Hall–Kier alpha value is -3.39. The van der Waals surface area contributed by atoms with Crippen LogP contribution in [-0.4, -0.2) is 91.3 Å². The van der Waals surface area contributed by atoms with Crippen molar-refractivity contribution < 1.29 is 32.3 Å². The minimum Gasteiger partial charge on any atom is -0.760 e. The molecule has 210 valence electrons. The van der Waals surface area contributed by atoms with E-state index in [4.69, 9.17) is 9.52 Å². The first kappa shape index (κ1) is 28.6. The van der Waals surface area contributed by atoms with E-state index in [0.29, 0.717) is 62.2 Å². The number of halogens is 1. The number of amides is 2. The summed E-state index contributed by atoms with van der Waals surface area (Å²) in [6.45, 7) is 4.92. The number of hydrogen-bond donors (Lipinski definition) is 2. The maximum Gasteiger partial charge on any atom is 0.407 e. The van der Waals surface area contributed by atoms with Gasteiger partial charge in [-0.1, -0.05) is 6.92 Å². The lowest BCUT2D eigenvalue weighted by Crippen LogP contribution is -2.48. The molecule has 1 saturated heterocycles. The zero-order valence-electron chi connectivity index (χ0n) is 21.8. The first-order valence-electron chi connectivity index (χ1n) is 12.7. The number of rotatable bonds is 10. The van der Waals surface area contributed by atoms with Crippen molar-refractivity contribution in [3.8, 4) is 11.3 Å². The molecule has 2 aromatic heterocycles. The number of pyridine rings is 1. The van der Waals surface area contributed by atoms with Crippen molar-refractivity contribution in [2.45, 2.75) is 26.3 Å². The molecular weight excluding hydrogens is 529 g/mol. The second-order valence-electron chi connectivity index (χ2n) is 9.24. The van der Waals surface area contributed by atoms with Gasteiger partial charge >= 0.3 is 6.09 Å². The molecule has 1 fully saturated rings. The number of carboxylic acid groups (broad SMARTS) is 1. The molecule has 39 heavy (non-hydrogen) atoms. The average Bonchev–Trinajstić information content (AvgIpc) is 3.30. The highest BCUT2D eigenvalue weighted by Crippen LogP contribution is 2.34. The molecule has 13 heteroatoms. The molecule has 1 unspecified atom stereocenters. The molecular formula is C26H31FN5O6S-. The lowest BCUT2D eigenvalue weighted by molar-refractivity contribution is 0.0964. The van der Waals surface area contributed by atoms with Gasteiger partial charge in [0.15, 0.2) is 0 Å². The Morgan fingerprint density at radius 3 is 2.51 bits per heavy atom. The summed E-state index contributed by atoms with van der Waals surface area (Å²) in [6, 6.07) is 7.39. The quantitative estimate of drug-likeness (QED) is 0.361. The third-order valence-electron chi connectivity index (χ3n) is 6.85. The first-order chi connectivity index (χ1) is 18.7. The van der Waals surface area contributed by atoms with E-state index in [0.717, 1.165) is 5.56 Å². The number of fused-ring (bicyclic) bond motifs is 1. The summed E-state index contributed by atoms with van der Waals surface area (Å²) in [6.07, 6.45) is 0.194. The fraction of sp³-hybridized carbons (Fsp3) is 0.423. The molecule has 0 saturated carbocycles. The van der Waals surface area contributed by atoms with Gasteiger partial charge in [-0.25, -0.2) is 18.5 Å². The molecule has 3 heterocycles. The third kappa shape index (κ3) is 6.61. The summed E-state index contributed by atoms with van der Waals surface area (Å²) in [7, 11) is 1.51. The van der Waals surface area contributed by atoms with Gasteiger partial charge in [0, 0.05) is 56.6 Å². The predicted molar refractivity (Wildman–Crippen MR) is 142 cm³/mol. The largest absolute Gasteiger partial charge is 0.760 e. The van der Waals surface area contributed by atoms with Crippen LogP contribution in [0.2, 0.25) is 0 Å². The number of piperazine rings is 1. The molecule has 0 bridgehead atoms. The number of furan rings is 1. The van der Waals surface area contributed by atoms with Crippen LogP contribution in [0.15, 0.2) is 34.7 Å². The van der Waals surface area contributed by atoms with Crippen molar-refractivity contribution in [2.75, 3.05) is 46.3 Å². The topological polar surface area (TPSA) is 142 Å². The average molecular weight is 561 g/mol. The normalized spacial score (nSPS) is 15.2. The van der Waals surface area contributed by atoms with Gasteiger partial charge < -0.3 is 24.3 Å². The Labute approximate surface area is 228 Å². The van der Waals surface area contributed by atoms with E-state index in [-0.39, 0.29) is 36.0 Å². The monoisotopic (exact) mass is 560 g/mol. The van der Waals surface area contributed by atoms with Crippen molar-refractivity contribution in [3.63, 3.8) is 0 Å². The van der Waals surface area contributed by atoms with E-state index >= 15 is 0 Å². The number of hydrogen-bond acceptors (Lipinski definition) is 7. The van der Waals surface area contributed by atoms with Gasteiger partial charge in [-0.15, -0.1) is 0 Å². The molecule has 2 amide bonds. The lowest BCUT2D eigenvalue weighted by Gasteiger charge is -2.33. The molecule has 4 rings (SSSR count). The zero-order chi connectivity index (χ0) is 28.1. The Kier molecular flexibility index (Phi) is 9.28. The number of carbonyl (C=O) groups excluding carboxylic acids is 1. The lowest BCUT2D eigenvalue weighted by atomic mass is 10.0. The third-order valence-corrected chi connectivity index (χ3v) is 7.59. The van der Waals surface area contributed by atoms with Crippen LogP contribution in [0.4, 0.5) is 9.18 Å². The Morgan fingerprint density at radius 2 is 1.92 bits per heavy atom. The van der Waals surface area contributed by atoms with Crippen molar-refractivity contribution in [1.29, 1.82) is 0 Å². The van der Waals surface area contributed by atoms with Crippen LogP contribution in [0.3, 0.4) is 0 Å². The van der Waals surface area contributed by atoms with Crippen LogP contribution in [-0.2, 0) is 24.2 Å². The molecule has 2 N–H and O–H groups in total. The van der Waals surface area contributed by atoms with Crippen LogP contribution >= 0.6 is 0 Å². The summed E-state index contributed by atoms with van der Waals surface area (Å²) in [4.78, 5) is 32.0.